The molecule has 0 bridgehead atoms. The number of alkyl halides is 3. The zero-order valence-corrected chi connectivity index (χ0v) is 10.1. The van der Waals surface area contributed by atoms with Gasteiger partial charge in [0.2, 0.25) is 5.91 Å². The Balaban J connectivity index is 3.99. The van der Waals surface area contributed by atoms with Gasteiger partial charge in [0.05, 0.1) is 18.6 Å². The van der Waals surface area contributed by atoms with E-state index in [4.69, 9.17) is 0 Å². The fourth-order valence-corrected chi connectivity index (χ4v) is 1.11. The standard InChI is InChI=1S/C10H16F3NO4/c1-7(15)18-4-3-9(2,17)5-8(16)14-6-10(11,12)13/h17H,3-6H2,1-2H3,(H,14,16). The molecular weight excluding hydrogens is 255 g/mol. The molecule has 0 spiro atoms. The molecule has 0 aliphatic heterocycles. The van der Waals surface area contributed by atoms with Crippen molar-refractivity contribution >= 4 is 11.9 Å². The summed E-state index contributed by atoms with van der Waals surface area (Å²) in [5.74, 6) is -1.45. The highest BCUT2D eigenvalue weighted by atomic mass is 19.4. The Hall–Kier alpha value is -1.31. The van der Waals surface area contributed by atoms with E-state index < -0.39 is 36.6 Å². The SMILES string of the molecule is CC(=O)OCCC(C)(O)CC(=O)NCC(F)(F)F. The van der Waals surface area contributed by atoms with Crippen molar-refractivity contribution in [2.75, 3.05) is 13.2 Å². The van der Waals surface area contributed by atoms with Crippen molar-refractivity contribution in [1.82, 2.24) is 5.32 Å². The predicted octanol–water partition coefficient (Wildman–Crippen LogP) is 0.759. The van der Waals surface area contributed by atoms with Crippen LogP contribution in [0.1, 0.15) is 26.7 Å². The number of halogens is 3. The first-order valence-corrected chi connectivity index (χ1v) is 5.21. The quantitative estimate of drug-likeness (QED) is 0.699. The van der Waals surface area contributed by atoms with Gasteiger partial charge < -0.3 is 15.2 Å². The number of amides is 1. The smallest absolute Gasteiger partial charge is 0.405 e. The molecule has 8 heteroatoms. The van der Waals surface area contributed by atoms with Gasteiger partial charge in [0, 0.05) is 13.3 Å². The maximum absolute atomic E-state index is 11.8. The molecule has 1 atom stereocenters. The molecule has 0 radical (unpaired) electrons. The van der Waals surface area contributed by atoms with Gasteiger partial charge in [-0.05, 0) is 6.92 Å². The highest BCUT2D eigenvalue weighted by Crippen LogP contribution is 2.16. The summed E-state index contributed by atoms with van der Waals surface area (Å²) in [6.07, 6.45) is -5.02. The summed E-state index contributed by atoms with van der Waals surface area (Å²) in [6.45, 7) is 0.926. The Morgan fingerprint density at radius 2 is 1.89 bits per heavy atom. The van der Waals surface area contributed by atoms with Gasteiger partial charge in [-0.2, -0.15) is 13.2 Å². The van der Waals surface area contributed by atoms with Gasteiger partial charge in [0.15, 0.2) is 0 Å². The number of ether oxygens (including phenoxy) is 1. The van der Waals surface area contributed by atoms with E-state index in [0.717, 1.165) is 0 Å². The van der Waals surface area contributed by atoms with Crippen LogP contribution >= 0.6 is 0 Å². The normalized spacial score (nSPS) is 14.8. The largest absolute Gasteiger partial charge is 0.466 e. The van der Waals surface area contributed by atoms with Gasteiger partial charge in [0.1, 0.15) is 6.54 Å². The van der Waals surface area contributed by atoms with E-state index in [1.54, 1.807) is 5.32 Å². The first-order valence-electron chi connectivity index (χ1n) is 5.21. The fraction of sp³-hybridized carbons (Fsp3) is 0.800. The number of esters is 1. The number of hydrogen-bond donors (Lipinski definition) is 2. The summed E-state index contributed by atoms with van der Waals surface area (Å²) < 4.78 is 40.0. The number of hydrogen-bond acceptors (Lipinski definition) is 4. The molecule has 2 N–H and O–H groups in total. The molecule has 1 amide bonds. The first-order chi connectivity index (χ1) is 8.02. The molecule has 0 aromatic rings. The van der Waals surface area contributed by atoms with Gasteiger partial charge in [-0.25, -0.2) is 0 Å². The second kappa shape index (κ2) is 6.58. The van der Waals surface area contributed by atoms with E-state index in [0.29, 0.717) is 0 Å². The zero-order valence-electron chi connectivity index (χ0n) is 10.1. The van der Waals surface area contributed by atoms with Gasteiger partial charge in [-0.15, -0.1) is 0 Å². The van der Waals surface area contributed by atoms with Crippen molar-refractivity contribution in [2.45, 2.75) is 38.5 Å². The van der Waals surface area contributed by atoms with Crippen molar-refractivity contribution < 1.29 is 32.6 Å². The van der Waals surface area contributed by atoms with Crippen LogP contribution in [0.3, 0.4) is 0 Å². The lowest BCUT2D eigenvalue weighted by Gasteiger charge is -2.22. The molecule has 18 heavy (non-hydrogen) atoms. The predicted molar refractivity (Wildman–Crippen MR) is 55.6 cm³/mol. The summed E-state index contributed by atoms with van der Waals surface area (Å²) in [5.41, 5.74) is -1.52. The topological polar surface area (TPSA) is 75.6 Å². The first kappa shape index (κ1) is 16.7. The summed E-state index contributed by atoms with van der Waals surface area (Å²) in [7, 11) is 0. The Bertz CT molecular complexity index is 302. The van der Waals surface area contributed by atoms with Crippen LogP contribution in [0.15, 0.2) is 0 Å². The van der Waals surface area contributed by atoms with Crippen LogP contribution in [-0.2, 0) is 14.3 Å². The number of aliphatic hydroxyl groups is 1. The van der Waals surface area contributed by atoms with E-state index in [2.05, 4.69) is 4.74 Å². The van der Waals surface area contributed by atoms with Gasteiger partial charge in [0.25, 0.3) is 0 Å². The van der Waals surface area contributed by atoms with Crippen molar-refractivity contribution in [3.05, 3.63) is 0 Å². The van der Waals surface area contributed by atoms with Crippen molar-refractivity contribution in [2.24, 2.45) is 0 Å². The molecule has 0 rings (SSSR count). The average molecular weight is 271 g/mol. The second-order valence-corrected chi connectivity index (χ2v) is 4.16. The maximum atomic E-state index is 11.8. The number of rotatable bonds is 6. The van der Waals surface area contributed by atoms with E-state index in [-0.39, 0.29) is 13.0 Å². The molecule has 0 aliphatic carbocycles. The highest BCUT2D eigenvalue weighted by molar-refractivity contribution is 5.77. The Morgan fingerprint density at radius 3 is 2.33 bits per heavy atom. The van der Waals surface area contributed by atoms with E-state index in [1.807, 2.05) is 0 Å². The lowest BCUT2D eigenvalue weighted by Crippen LogP contribution is -2.39. The summed E-state index contributed by atoms with van der Waals surface area (Å²) >= 11 is 0. The Morgan fingerprint density at radius 1 is 1.33 bits per heavy atom. The average Bonchev–Trinajstić information content (AvgIpc) is 2.11. The molecule has 0 saturated carbocycles. The monoisotopic (exact) mass is 271 g/mol. The minimum absolute atomic E-state index is 0.0357. The maximum Gasteiger partial charge on any atom is 0.405 e. The number of carbonyl (C=O) groups is 2. The van der Waals surface area contributed by atoms with Crippen LogP contribution in [0.2, 0.25) is 0 Å². The van der Waals surface area contributed by atoms with Crippen LogP contribution in [-0.4, -0.2) is 41.9 Å². The highest BCUT2D eigenvalue weighted by Gasteiger charge is 2.30. The van der Waals surface area contributed by atoms with E-state index >= 15 is 0 Å². The van der Waals surface area contributed by atoms with Crippen molar-refractivity contribution in [3.63, 3.8) is 0 Å². The summed E-state index contributed by atoms with van der Waals surface area (Å²) in [5, 5.41) is 11.3. The third kappa shape index (κ3) is 9.88. The third-order valence-corrected chi connectivity index (χ3v) is 1.97. The second-order valence-electron chi connectivity index (χ2n) is 4.16. The fourth-order valence-electron chi connectivity index (χ4n) is 1.11. The Kier molecular flexibility index (Phi) is 6.10. The van der Waals surface area contributed by atoms with Crippen LogP contribution in [0.25, 0.3) is 0 Å². The van der Waals surface area contributed by atoms with Gasteiger partial charge >= 0.3 is 12.1 Å². The molecule has 0 fully saturated rings. The molecule has 106 valence electrons. The molecule has 5 nitrogen and oxygen atoms in total. The third-order valence-electron chi connectivity index (χ3n) is 1.97. The molecule has 1 unspecified atom stereocenters. The number of nitrogens with one attached hydrogen (secondary N) is 1. The molecule has 0 aromatic heterocycles. The lowest BCUT2D eigenvalue weighted by molar-refractivity contribution is -0.144. The lowest BCUT2D eigenvalue weighted by atomic mass is 9.98. The molecule has 0 heterocycles. The van der Waals surface area contributed by atoms with Gasteiger partial charge in [-0.1, -0.05) is 0 Å². The minimum atomic E-state index is -4.49. The Labute approximate surface area is 102 Å². The van der Waals surface area contributed by atoms with Crippen LogP contribution in [0.4, 0.5) is 13.2 Å². The summed E-state index contributed by atoms with van der Waals surface area (Å²) in [6, 6.07) is 0. The van der Waals surface area contributed by atoms with Crippen LogP contribution in [0.5, 0.6) is 0 Å². The van der Waals surface area contributed by atoms with Crippen LogP contribution < -0.4 is 5.32 Å². The summed E-state index contributed by atoms with van der Waals surface area (Å²) in [4.78, 5) is 21.6. The molecule has 0 aliphatic rings. The molecule has 0 aromatic carbocycles. The molecular formula is C10H16F3NO4. The zero-order chi connectivity index (χ0) is 14.4. The number of carbonyl (C=O) groups excluding carboxylic acids is 2. The van der Waals surface area contributed by atoms with E-state index in [9.17, 15) is 27.9 Å². The van der Waals surface area contributed by atoms with Crippen molar-refractivity contribution in [1.29, 1.82) is 0 Å². The van der Waals surface area contributed by atoms with E-state index in [1.165, 1.54) is 13.8 Å². The van der Waals surface area contributed by atoms with Gasteiger partial charge in [-0.3, -0.25) is 9.59 Å². The molecule has 0 saturated heterocycles. The van der Waals surface area contributed by atoms with Crippen molar-refractivity contribution in [3.8, 4) is 0 Å². The van der Waals surface area contributed by atoms with Crippen LogP contribution in [0, 0.1) is 0 Å². The minimum Gasteiger partial charge on any atom is -0.466 e.